The summed E-state index contributed by atoms with van der Waals surface area (Å²) in [5.41, 5.74) is 0.00326. The molecule has 2 aromatic rings. The lowest BCUT2D eigenvalue weighted by Gasteiger charge is -2.31. The van der Waals surface area contributed by atoms with E-state index in [0.29, 0.717) is 24.3 Å². The zero-order valence-corrected chi connectivity index (χ0v) is 23.2. The summed E-state index contributed by atoms with van der Waals surface area (Å²) >= 11 is 1.57. The monoisotopic (exact) mass is 546 g/mol. The molecule has 1 aliphatic carbocycles. The number of carbonyl (C=O) groups excluding carboxylic acids is 1. The molecule has 0 radical (unpaired) electrons. The third-order valence-corrected chi connectivity index (χ3v) is 9.21. The molecule has 7 nitrogen and oxygen atoms in total. The van der Waals surface area contributed by atoms with Crippen LogP contribution in [0.25, 0.3) is 0 Å². The van der Waals surface area contributed by atoms with E-state index in [-0.39, 0.29) is 22.3 Å². The van der Waals surface area contributed by atoms with Gasteiger partial charge in [-0.15, -0.1) is 11.8 Å². The van der Waals surface area contributed by atoms with Gasteiger partial charge in [-0.25, -0.2) is 17.5 Å². The normalized spacial score (nSPS) is 16.1. The summed E-state index contributed by atoms with van der Waals surface area (Å²) in [6.45, 7) is 2.61. The van der Waals surface area contributed by atoms with Gasteiger partial charge >= 0.3 is 0 Å². The van der Waals surface area contributed by atoms with Crippen molar-refractivity contribution in [3.63, 3.8) is 0 Å². The maximum Gasteiger partial charge on any atom is 0.264 e. The van der Waals surface area contributed by atoms with E-state index in [1.165, 1.54) is 24.3 Å². The Morgan fingerprint density at radius 2 is 1.84 bits per heavy atom. The quantitative estimate of drug-likeness (QED) is 0.383. The number of halogens is 1. The predicted molar refractivity (Wildman–Crippen MR) is 145 cm³/mol. The molecule has 0 aliphatic heterocycles. The number of nitrogens with zero attached hydrogens (tertiary/aromatic N) is 2. The Kier molecular flexibility index (Phi) is 9.99. The van der Waals surface area contributed by atoms with Gasteiger partial charge in [0.2, 0.25) is 5.91 Å². The molecular formula is C27H35FN4O3S2. The first-order valence-corrected chi connectivity index (χ1v) is 14.9. The van der Waals surface area contributed by atoms with Crippen LogP contribution in [-0.2, 0) is 14.8 Å². The Balaban J connectivity index is 1.75. The summed E-state index contributed by atoms with van der Waals surface area (Å²) in [5.74, 6) is -0.113. The van der Waals surface area contributed by atoms with Crippen molar-refractivity contribution >= 4 is 33.4 Å². The van der Waals surface area contributed by atoms with Crippen LogP contribution in [-0.4, -0.2) is 51.7 Å². The number of hydrogen-bond acceptors (Lipinski definition) is 7. The van der Waals surface area contributed by atoms with Crippen molar-refractivity contribution in [2.75, 3.05) is 31.7 Å². The second-order valence-electron chi connectivity index (χ2n) is 10.1. The molecule has 200 valence electrons. The molecule has 1 atom stereocenters. The summed E-state index contributed by atoms with van der Waals surface area (Å²) < 4.78 is 41.5. The van der Waals surface area contributed by atoms with Crippen LogP contribution in [0.5, 0.6) is 0 Å². The largest absolute Gasteiger partial charge is 0.380 e. The molecule has 2 aromatic carbocycles. The number of rotatable bonds is 11. The maximum absolute atomic E-state index is 13.2. The molecule has 1 saturated carbocycles. The van der Waals surface area contributed by atoms with Crippen LogP contribution >= 0.6 is 11.8 Å². The van der Waals surface area contributed by atoms with Gasteiger partial charge < -0.3 is 10.2 Å². The summed E-state index contributed by atoms with van der Waals surface area (Å²) in [6.07, 6.45) is 4.94. The van der Waals surface area contributed by atoms with Gasteiger partial charge in [0, 0.05) is 22.1 Å². The van der Waals surface area contributed by atoms with Crippen molar-refractivity contribution in [1.29, 1.82) is 5.26 Å². The minimum Gasteiger partial charge on any atom is -0.380 e. The van der Waals surface area contributed by atoms with E-state index in [1.807, 2.05) is 21.0 Å². The number of hydrogen-bond donors (Lipinski definition) is 2. The molecule has 0 unspecified atom stereocenters. The summed E-state index contributed by atoms with van der Waals surface area (Å²) in [5, 5.41) is 13.2. The van der Waals surface area contributed by atoms with E-state index < -0.39 is 21.3 Å². The first kappa shape index (κ1) is 29.0. The number of carbonyl (C=O) groups is 1. The SMILES string of the molecule is CN(C)CC[C@H](CSc1ccc(F)cc1)Nc1ccc(S(=O)(=O)NC(=O)C2(C)CCCCC2)cc1C#N. The second kappa shape index (κ2) is 12.8. The van der Waals surface area contributed by atoms with Crippen molar-refractivity contribution in [2.24, 2.45) is 5.41 Å². The van der Waals surface area contributed by atoms with Crippen molar-refractivity contribution in [3.8, 4) is 6.07 Å². The van der Waals surface area contributed by atoms with E-state index >= 15 is 0 Å². The summed E-state index contributed by atoms with van der Waals surface area (Å²) in [7, 11) is -0.158. The third-order valence-electron chi connectivity index (χ3n) is 6.70. The Hall–Kier alpha value is -2.61. The zero-order valence-electron chi connectivity index (χ0n) is 21.6. The van der Waals surface area contributed by atoms with Gasteiger partial charge in [-0.3, -0.25) is 4.79 Å². The molecule has 37 heavy (non-hydrogen) atoms. The Morgan fingerprint density at radius 3 is 2.46 bits per heavy atom. The molecule has 0 saturated heterocycles. The molecule has 0 spiro atoms. The van der Waals surface area contributed by atoms with E-state index in [4.69, 9.17) is 0 Å². The lowest BCUT2D eigenvalue weighted by atomic mass is 9.75. The van der Waals surface area contributed by atoms with Gasteiger partial charge in [-0.05, 0) is 82.4 Å². The van der Waals surface area contributed by atoms with E-state index in [1.54, 1.807) is 30.0 Å². The van der Waals surface area contributed by atoms with Crippen LogP contribution in [0.2, 0.25) is 0 Å². The maximum atomic E-state index is 13.2. The van der Waals surface area contributed by atoms with Crippen LogP contribution in [0.1, 0.15) is 51.0 Å². The molecule has 0 aromatic heterocycles. The molecule has 1 fully saturated rings. The highest BCUT2D eigenvalue weighted by atomic mass is 32.2. The Morgan fingerprint density at radius 1 is 1.16 bits per heavy atom. The van der Waals surface area contributed by atoms with Gasteiger partial charge in [0.1, 0.15) is 11.9 Å². The number of anilines is 1. The molecule has 10 heteroatoms. The molecule has 0 heterocycles. The van der Waals surface area contributed by atoms with Gasteiger partial charge in [0.05, 0.1) is 16.1 Å². The standard InChI is InChI=1S/C27H35FN4O3S2/c1-27(14-5-4-6-15-27)26(33)31-37(34,35)24-11-12-25(20(17-24)18-29)30-22(13-16-32(2)3)19-36-23-9-7-21(28)8-10-23/h7-12,17,22,30H,4-6,13-16,19H2,1-3H3,(H,31,33)/t22-/m1/s1. The average molecular weight is 547 g/mol. The highest BCUT2D eigenvalue weighted by Crippen LogP contribution is 2.36. The predicted octanol–water partition coefficient (Wildman–Crippen LogP) is 5.00. The van der Waals surface area contributed by atoms with Crippen LogP contribution < -0.4 is 10.0 Å². The lowest BCUT2D eigenvalue weighted by molar-refractivity contribution is -0.129. The highest BCUT2D eigenvalue weighted by Gasteiger charge is 2.37. The van der Waals surface area contributed by atoms with E-state index in [9.17, 15) is 22.9 Å². The van der Waals surface area contributed by atoms with Crippen LogP contribution in [0, 0.1) is 22.6 Å². The van der Waals surface area contributed by atoms with E-state index in [0.717, 1.165) is 37.1 Å². The van der Waals surface area contributed by atoms with Crippen molar-refractivity contribution in [1.82, 2.24) is 9.62 Å². The number of benzene rings is 2. The minimum absolute atomic E-state index is 0.0297. The number of amides is 1. The van der Waals surface area contributed by atoms with Gasteiger partial charge in [0.15, 0.2) is 0 Å². The van der Waals surface area contributed by atoms with Crippen LogP contribution in [0.3, 0.4) is 0 Å². The van der Waals surface area contributed by atoms with Crippen molar-refractivity contribution in [2.45, 2.75) is 61.3 Å². The fourth-order valence-corrected chi connectivity index (χ4v) is 6.43. The lowest BCUT2D eigenvalue weighted by Crippen LogP contribution is -2.43. The average Bonchev–Trinajstić information content (AvgIpc) is 2.86. The van der Waals surface area contributed by atoms with E-state index in [2.05, 4.69) is 21.0 Å². The molecule has 3 rings (SSSR count). The fourth-order valence-electron chi connectivity index (χ4n) is 4.33. The first-order chi connectivity index (χ1) is 17.5. The van der Waals surface area contributed by atoms with Gasteiger partial charge in [-0.2, -0.15) is 5.26 Å². The molecule has 0 bridgehead atoms. The summed E-state index contributed by atoms with van der Waals surface area (Å²) in [6, 6.07) is 12.6. The topological polar surface area (TPSA) is 102 Å². The Labute approximate surface area is 223 Å². The van der Waals surface area contributed by atoms with Crippen LogP contribution in [0.4, 0.5) is 10.1 Å². The molecule has 1 aliphatic rings. The number of nitriles is 1. The van der Waals surface area contributed by atoms with Gasteiger partial charge in [-0.1, -0.05) is 26.2 Å². The highest BCUT2D eigenvalue weighted by molar-refractivity contribution is 7.99. The minimum atomic E-state index is -4.12. The molecule has 2 N–H and O–H groups in total. The third kappa shape index (κ3) is 8.19. The molecular weight excluding hydrogens is 511 g/mol. The number of thioether (sulfide) groups is 1. The number of sulfonamides is 1. The van der Waals surface area contributed by atoms with Gasteiger partial charge in [0.25, 0.3) is 10.0 Å². The summed E-state index contributed by atoms with van der Waals surface area (Å²) in [4.78, 5) is 15.7. The van der Waals surface area contributed by atoms with Crippen molar-refractivity contribution in [3.05, 3.63) is 53.8 Å². The smallest absolute Gasteiger partial charge is 0.264 e. The molecule has 1 amide bonds. The zero-order chi connectivity index (χ0) is 27.1. The van der Waals surface area contributed by atoms with Crippen LogP contribution in [0.15, 0.2) is 52.3 Å². The second-order valence-corrected chi connectivity index (χ2v) is 12.8. The van der Waals surface area contributed by atoms with Crippen molar-refractivity contribution < 1.29 is 17.6 Å². The number of nitrogens with one attached hydrogen (secondary N) is 2. The first-order valence-electron chi connectivity index (χ1n) is 12.4. The fraction of sp³-hybridized carbons (Fsp3) is 0.481. The Bertz CT molecular complexity index is 1220.